The highest BCUT2D eigenvalue weighted by Gasteiger charge is 2.15. The molecule has 0 spiro atoms. The molecule has 0 saturated heterocycles. The first-order valence-corrected chi connectivity index (χ1v) is 8.62. The van der Waals surface area contributed by atoms with Crippen LogP contribution in [0.25, 0.3) is 0 Å². The summed E-state index contributed by atoms with van der Waals surface area (Å²) in [5, 5.41) is 13.6. The van der Waals surface area contributed by atoms with Gasteiger partial charge in [0, 0.05) is 16.0 Å². The van der Waals surface area contributed by atoms with Crippen LogP contribution in [0.2, 0.25) is 0 Å². The molecule has 0 fully saturated rings. The molecular weight excluding hydrogens is 304 g/mol. The second-order valence-corrected chi connectivity index (χ2v) is 6.85. The highest BCUT2D eigenvalue weighted by atomic mass is 32.2. The first-order valence-electron chi connectivity index (χ1n) is 6.82. The molecule has 6 heteroatoms. The topological polar surface area (TPSA) is 62.2 Å². The zero-order chi connectivity index (χ0) is 15.2. The maximum Gasteiger partial charge on any atom is 0.338 e. The second-order valence-electron chi connectivity index (χ2n) is 4.34. The fourth-order valence-corrected chi connectivity index (χ4v) is 3.57. The molecule has 0 amide bonds. The molecule has 1 aromatic heterocycles. The second kappa shape index (κ2) is 7.47. The number of benzene rings is 1. The number of carbonyl (C=O) groups is 1. The van der Waals surface area contributed by atoms with Gasteiger partial charge in [0.2, 0.25) is 0 Å². The number of aromatic nitrogens is 1. The lowest BCUT2D eigenvalue weighted by atomic mass is 10.2. The number of aryl methyl sites for hydroxylation is 1. The van der Waals surface area contributed by atoms with Crippen LogP contribution in [0, 0.1) is 0 Å². The van der Waals surface area contributed by atoms with Gasteiger partial charge in [0.15, 0.2) is 0 Å². The van der Waals surface area contributed by atoms with E-state index in [0.717, 1.165) is 22.1 Å². The molecule has 0 aliphatic carbocycles. The van der Waals surface area contributed by atoms with Gasteiger partial charge in [0.1, 0.15) is 5.01 Å². The van der Waals surface area contributed by atoms with Gasteiger partial charge >= 0.3 is 5.97 Å². The van der Waals surface area contributed by atoms with Gasteiger partial charge in [-0.3, -0.25) is 0 Å². The molecule has 4 nitrogen and oxygen atoms in total. The largest absolute Gasteiger partial charge is 0.478 e. The van der Waals surface area contributed by atoms with Gasteiger partial charge in [-0.2, -0.15) is 0 Å². The summed E-state index contributed by atoms with van der Waals surface area (Å²) in [5.41, 5.74) is 0.991. The SMILES string of the molecule is CCSc1cccc(NCc2ncc(CC)s2)c1C(=O)O. The number of thioether (sulfide) groups is 1. The monoisotopic (exact) mass is 322 g/mol. The average Bonchev–Trinajstić information content (AvgIpc) is 2.93. The molecule has 0 aliphatic heterocycles. The lowest BCUT2D eigenvalue weighted by molar-refractivity contribution is 0.0694. The van der Waals surface area contributed by atoms with Crippen molar-refractivity contribution in [2.24, 2.45) is 0 Å². The quantitative estimate of drug-likeness (QED) is 0.751. The third kappa shape index (κ3) is 3.98. The van der Waals surface area contributed by atoms with Gasteiger partial charge < -0.3 is 10.4 Å². The van der Waals surface area contributed by atoms with Crippen molar-refractivity contribution in [3.05, 3.63) is 39.8 Å². The minimum atomic E-state index is -0.901. The van der Waals surface area contributed by atoms with Crippen molar-refractivity contribution in [3.8, 4) is 0 Å². The number of carboxylic acids is 1. The van der Waals surface area contributed by atoms with Crippen LogP contribution in [0.5, 0.6) is 0 Å². The van der Waals surface area contributed by atoms with Crippen LogP contribution >= 0.6 is 23.1 Å². The van der Waals surface area contributed by atoms with Crippen molar-refractivity contribution >= 4 is 34.8 Å². The predicted molar refractivity (Wildman–Crippen MR) is 88.6 cm³/mol. The van der Waals surface area contributed by atoms with Crippen LogP contribution in [0.1, 0.15) is 34.1 Å². The molecule has 0 atom stereocenters. The number of nitrogens with one attached hydrogen (secondary N) is 1. The lowest BCUT2D eigenvalue weighted by Gasteiger charge is -2.12. The summed E-state index contributed by atoms with van der Waals surface area (Å²) in [4.78, 5) is 17.9. The van der Waals surface area contributed by atoms with Crippen LogP contribution in [-0.4, -0.2) is 21.8 Å². The molecular formula is C15H18N2O2S2. The Kier molecular flexibility index (Phi) is 5.64. The van der Waals surface area contributed by atoms with Gasteiger partial charge in [-0.05, 0) is 24.3 Å². The average molecular weight is 322 g/mol. The third-order valence-electron chi connectivity index (χ3n) is 2.92. The van der Waals surface area contributed by atoms with Gasteiger partial charge in [0.25, 0.3) is 0 Å². The van der Waals surface area contributed by atoms with E-state index in [1.54, 1.807) is 17.4 Å². The van der Waals surface area contributed by atoms with E-state index >= 15 is 0 Å². The molecule has 0 bridgehead atoms. The fraction of sp³-hybridized carbons (Fsp3) is 0.333. The van der Waals surface area contributed by atoms with E-state index in [1.807, 2.05) is 25.3 Å². The minimum absolute atomic E-state index is 0.344. The maximum atomic E-state index is 11.5. The van der Waals surface area contributed by atoms with E-state index in [-0.39, 0.29) is 0 Å². The Morgan fingerprint density at radius 2 is 2.24 bits per heavy atom. The van der Waals surface area contributed by atoms with Crippen molar-refractivity contribution in [1.82, 2.24) is 4.98 Å². The van der Waals surface area contributed by atoms with E-state index in [0.29, 0.717) is 17.8 Å². The Balaban J connectivity index is 2.18. The van der Waals surface area contributed by atoms with E-state index in [9.17, 15) is 9.90 Å². The lowest BCUT2D eigenvalue weighted by Crippen LogP contribution is -2.07. The Morgan fingerprint density at radius 1 is 1.43 bits per heavy atom. The summed E-state index contributed by atoms with van der Waals surface area (Å²) >= 11 is 3.19. The summed E-state index contributed by atoms with van der Waals surface area (Å²) in [6.07, 6.45) is 2.85. The number of anilines is 1. The molecule has 1 heterocycles. The molecule has 0 saturated carbocycles. The summed E-state index contributed by atoms with van der Waals surface area (Å²) in [7, 11) is 0. The summed E-state index contributed by atoms with van der Waals surface area (Å²) in [6.45, 7) is 4.65. The van der Waals surface area contributed by atoms with Crippen LogP contribution < -0.4 is 5.32 Å². The number of carboxylic acid groups (broad SMARTS) is 1. The van der Waals surface area contributed by atoms with Gasteiger partial charge in [-0.1, -0.05) is 19.9 Å². The van der Waals surface area contributed by atoms with Gasteiger partial charge in [0.05, 0.1) is 17.8 Å². The summed E-state index contributed by atoms with van der Waals surface area (Å²) in [5.74, 6) is -0.0572. The number of hydrogen-bond acceptors (Lipinski definition) is 5. The molecule has 0 aliphatic rings. The zero-order valence-corrected chi connectivity index (χ0v) is 13.7. The first-order chi connectivity index (χ1) is 10.2. The Morgan fingerprint density at radius 3 is 2.86 bits per heavy atom. The molecule has 2 N–H and O–H groups in total. The molecule has 21 heavy (non-hydrogen) atoms. The maximum absolute atomic E-state index is 11.5. The first kappa shape index (κ1) is 15.9. The Labute approximate surface area is 132 Å². The van der Waals surface area contributed by atoms with E-state index in [2.05, 4.69) is 17.2 Å². The standard InChI is InChI=1S/C15H18N2O2S2/c1-3-10-8-17-13(21-10)9-16-11-6-5-7-12(20-4-2)14(11)15(18)19/h5-8,16H,3-4,9H2,1-2H3,(H,18,19). The van der Waals surface area contributed by atoms with E-state index < -0.39 is 5.97 Å². The van der Waals surface area contributed by atoms with Crippen LogP contribution in [0.15, 0.2) is 29.3 Å². The minimum Gasteiger partial charge on any atom is -0.478 e. The summed E-state index contributed by atoms with van der Waals surface area (Å²) in [6, 6.07) is 5.53. The Hall–Kier alpha value is -1.53. The third-order valence-corrected chi connectivity index (χ3v) is 5.00. The Bertz CT molecular complexity index is 626. The molecule has 112 valence electrons. The molecule has 0 unspecified atom stereocenters. The zero-order valence-electron chi connectivity index (χ0n) is 12.0. The molecule has 1 aromatic carbocycles. The number of rotatable bonds is 7. The highest BCUT2D eigenvalue weighted by molar-refractivity contribution is 7.99. The number of thiazole rings is 1. The molecule has 2 rings (SSSR count). The van der Waals surface area contributed by atoms with Crippen molar-refractivity contribution in [2.45, 2.75) is 31.7 Å². The normalized spacial score (nSPS) is 10.6. The number of aromatic carboxylic acids is 1. The number of nitrogens with zero attached hydrogens (tertiary/aromatic N) is 1. The number of hydrogen-bond donors (Lipinski definition) is 2. The summed E-state index contributed by atoms with van der Waals surface area (Å²) < 4.78 is 0. The van der Waals surface area contributed by atoms with Crippen molar-refractivity contribution < 1.29 is 9.90 Å². The van der Waals surface area contributed by atoms with Crippen molar-refractivity contribution in [1.29, 1.82) is 0 Å². The van der Waals surface area contributed by atoms with Crippen molar-refractivity contribution in [2.75, 3.05) is 11.1 Å². The van der Waals surface area contributed by atoms with Crippen LogP contribution in [0.3, 0.4) is 0 Å². The van der Waals surface area contributed by atoms with E-state index in [4.69, 9.17) is 0 Å². The van der Waals surface area contributed by atoms with Crippen LogP contribution in [0.4, 0.5) is 5.69 Å². The van der Waals surface area contributed by atoms with E-state index in [1.165, 1.54) is 16.6 Å². The van der Waals surface area contributed by atoms with Gasteiger partial charge in [-0.25, -0.2) is 9.78 Å². The van der Waals surface area contributed by atoms with Crippen molar-refractivity contribution in [3.63, 3.8) is 0 Å². The molecule has 2 aromatic rings. The van der Waals surface area contributed by atoms with Crippen LogP contribution in [-0.2, 0) is 13.0 Å². The molecule has 0 radical (unpaired) electrons. The fourth-order valence-electron chi connectivity index (χ4n) is 1.94. The van der Waals surface area contributed by atoms with Gasteiger partial charge in [-0.15, -0.1) is 23.1 Å². The predicted octanol–water partition coefficient (Wildman–Crippen LogP) is 4.13. The smallest absolute Gasteiger partial charge is 0.338 e. The highest BCUT2D eigenvalue weighted by Crippen LogP contribution is 2.29.